The molecule has 274 valence electrons. The predicted octanol–water partition coefficient (Wildman–Crippen LogP) is 6.38. The Morgan fingerprint density at radius 1 is 1.06 bits per heavy atom. The number of nitrogens with zero attached hydrogens (tertiary/aromatic N) is 3. The molecule has 0 aromatic heterocycles. The first-order chi connectivity index (χ1) is 24.3. The summed E-state index contributed by atoms with van der Waals surface area (Å²) in [6.07, 6.45) is 8.24. The number of hydrogen-bond donors (Lipinski definition) is 2. The topological polar surface area (TPSA) is 111 Å². The summed E-state index contributed by atoms with van der Waals surface area (Å²) in [4.78, 5) is 59.5. The van der Waals surface area contributed by atoms with E-state index in [9.17, 15) is 24.3 Å². The molecule has 4 heterocycles. The first kappa shape index (κ1) is 37.2. The number of piperidine rings is 1. The van der Waals surface area contributed by atoms with E-state index in [0.29, 0.717) is 38.0 Å². The zero-order valence-corrected chi connectivity index (χ0v) is 32.2. The fourth-order valence-corrected chi connectivity index (χ4v) is 11.5. The van der Waals surface area contributed by atoms with E-state index in [1.165, 1.54) is 11.1 Å². The third-order valence-electron chi connectivity index (χ3n) is 11.6. The number of benzene rings is 2. The maximum Gasteiger partial charge on any atom is 0.264 e. The van der Waals surface area contributed by atoms with Crippen molar-refractivity contribution in [2.75, 3.05) is 29.5 Å². The van der Waals surface area contributed by atoms with E-state index in [1.807, 2.05) is 67.4 Å². The molecular formula is C41H55N3O6Si. The van der Waals surface area contributed by atoms with Crippen LogP contribution in [0.2, 0.25) is 18.6 Å². The van der Waals surface area contributed by atoms with Crippen molar-refractivity contribution in [2.45, 2.75) is 116 Å². The summed E-state index contributed by atoms with van der Waals surface area (Å²) in [5.74, 6) is -0.729. The number of ether oxygens (including phenoxy) is 1. The maximum atomic E-state index is 15.0. The summed E-state index contributed by atoms with van der Waals surface area (Å²) >= 11 is 0. The van der Waals surface area contributed by atoms with E-state index < -0.39 is 31.5 Å². The number of hydrogen-bond acceptors (Lipinski definition) is 6. The Labute approximate surface area is 304 Å². The molecule has 4 aliphatic rings. The molecule has 4 aliphatic heterocycles. The Balaban J connectivity index is 1.37. The van der Waals surface area contributed by atoms with Gasteiger partial charge >= 0.3 is 0 Å². The van der Waals surface area contributed by atoms with E-state index in [1.54, 1.807) is 9.80 Å². The van der Waals surface area contributed by atoms with Crippen LogP contribution in [-0.4, -0.2) is 72.7 Å². The molecule has 2 fully saturated rings. The Hall–Kier alpha value is -3.57. The van der Waals surface area contributed by atoms with Gasteiger partial charge in [-0.2, -0.15) is 0 Å². The van der Waals surface area contributed by atoms with Crippen molar-refractivity contribution < 1.29 is 29.0 Å². The second-order valence-corrected chi connectivity index (χ2v) is 19.9. The molecule has 2 aromatic rings. The van der Waals surface area contributed by atoms with E-state index >= 15 is 0 Å². The Kier molecular flexibility index (Phi) is 10.8. The van der Waals surface area contributed by atoms with Crippen LogP contribution in [0, 0.1) is 5.92 Å². The minimum atomic E-state index is -3.03. The number of fused-ring (bicyclic) bond motifs is 3. The lowest BCUT2D eigenvalue weighted by atomic mass is 9.82. The number of anilines is 2. The molecule has 6 rings (SSSR count). The van der Waals surface area contributed by atoms with Crippen molar-refractivity contribution in [3.63, 3.8) is 0 Å². The molecule has 3 amide bonds. The van der Waals surface area contributed by atoms with Crippen LogP contribution in [0.15, 0.2) is 65.8 Å². The van der Waals surface area contributed by atoms with Crippen LogP contribution >= 0.6 is 0 Å². The highest BCUT2D eigenvalue weighted by Gasteiger charge is 2.66. The Bertz CT molecular complexity index is 1730. The Morgan fingerprint density at radius 2 is 1.80 bits per heavy atom. The average molecular weight is 714 g/mol. The van der Waals surface area contributed by atoms with Crippen LogP contribution in [0.1, 0.15) is 82.9 Å². The highest BCUT2D eigenvalue weighted by atomic mass is 28.4. The van der Waals surface area contributed by atoms with E-state index in [0.717, 1.165) is 48.2 Å². The number of rotatable bonds is 10. The van der Waals surface area contributed by atoms with Gasteiger partial charge in [-0.05, 0) is 95.3 Å². The van der Waals surface area contributed by atoms with Crippen LogP contribution in [0.4, 0.5) is 11.4 Å². The summed E-state index contributed by atoms with van der Waals surface area (Å²) in [5, 5.41) is 10.3. The standard InChI is InChI=1S/C41H55N3O6Si/c1-27(2)12-11-13-28(3)19-21-43-35-18-17-32(42-20-10-9-16-37(42)46)23-34(35)41(40(43)48)29(4)39(51(5,6)49)36(50-41)24-38(47)44-25-31-15-8-7-14-30(31)22-33(44)26-45/h7-8,12,14-15,17-19,23,29,33,36,39,45,49H,9-11,13,16,20-22,24-26H2,1-6H3/b28-19+/t29-,33-,36+,39-,41+/m0/s1. The van der Waals surface area contributed by atoms with Gasteiger partial charge in [0.05, 0.1) is 30.9 Å². The summed E-state index contributed by atoms with van der Waals surface area (Å²) in [6, 6.07) is 13.5. The molecule has 0 saturated carbocycles. The lowest BCUT2D eigenvalue weighted by Crippen LogP contribution is -2.48. The minimum absolute atomic E-state index is 0.0112. The fourth-order valence-electron chi connectivity index (χ4n) is 8.96. The van der Waals surface area contributed by atoms with Gasteiger partial charge in [0.2, 0.25) is 11.8 Å². The first-order valence-electron chi connectivity index (χ1n) is 18.7. The molecule has 0 bridgehead atoms. The second kappa shape index (κ2) is 14.8. The smallest absolute Gasteiger partial charge is 0.264 e. The normalized spacial score (nSPS) is 26.5. The molecule has 2 aromatic carbocycles. The van der Waals surface area contributed by atoms with E-state index in [2.05, 4.69) is 32.9 Å². The van der Waals surface area contributed by atoms with Gasteiger partial charge in [-0.25, -0.2) is 0 Å². The van der Waals surface area contributed by atoms with Crippen molar-refractivity contribution in [1.82, 2.24) is 4.90 Å². The van der Waals surface area contributed by atoms with E-state index in [4.69, 9.17) is 4.74 Å². The van der Waals surface area contributed by atoms with Crippen LogP contribution in [0.3, 0.4) is 0 Å². The van der Waals surface area contributed by atoms with Crippen molar-refractivity contribution in [3.8, 4) is 0 Å². The number of carbonyl (C=O) groups is 3. The molecule has 2 saturated heterocycles. The van der Waals surface area contributed by atoms with Crippen LogP contribution < -0.4 is 9.80 Å². The van der Waals surface area contributed by atoms with Crippen molar-refractivity contribution >= 4 is 37.4 Å². The van der Waals surface area contributed by atoms with Crippen LogP contribution in [-0.2, 0) is 37.7 Å². The van der Waals surface area contributed by atoms with Gasteiger partial charge in [-0.3, -0.25) is 14.4 Å². The van der Waals surface area contributed by atoms with Gasteiger partial charge < -0.3 is 29.3 Å². The third kappa shape index (κ3) is 7.12. The molecule has 0 unspecified atom stereocenters. The first-order valence-corrected chi connectivity index (χ1v) is 21.7. The molecule has 5 atom stereocenters. The van der Waals surface area contributed by atoms with Gasteiger partial charge in [0.1, 0.15) is 0 Å². The van der Waals surface area contributed by atoms with Gasteiger partial charge in [0, 0.05) is 48.8 Å². The highest BCUT2D eigenvalue weighted by molar-refractivity contribution is 6.71. The molecular weight excluding hydrogens is 659 g/mol. The molecule has 51 heavy (non-hydrogen) atoms. The van der Waals surface area contributed by atoms with Gasteiger partial charge in [0.25, 0.3) is 5.91 Å². The Morgan fingerprint density at radius 3 is 2.49 bits per heavy atom. The highest BCUT2D eigenvalue weighted by Crippen LogP contribution is 2.60. The zero-order valence-electron chi connectivity index (χ0n) is 31.2. The summed E-state index contributed by atoms with van der Waals surface area (Å²) < 4.78 is 7.04. The molecule has 2 N–H and O–H groups in total. The molecule has 0 aliphatic carbocycles. The van der Waals surface area contributed by atoms with Crippen molar-refractivity contribution in [3.05, 3.63) is 82.5 Å². The predicted molar refractivity (Wildman–Crippen MR) is 203 cm³/mol. The van der Waals surface area contributed by atoms with Crippen molar-refractivity contribution in [1.29, 1.82) is 0 Å². The lowest BCUT2D eigenvalue weighted by molar-refractivity contribution is -0.150. The minimum Gasteiger partial charge on any atom is -0.432 e. The summed E-state index contributed by atoms with van der Waals surface area (Å²) in [7, 11) is -3.03. The second-order valence-electron chi connectivity index (χ2n) is 15.9. The third-order valence-corrected chi connectivity index (χ3v) is 14.1. The van der Waals surface area contributed by atoms with Crippen LogP contribution in [0.5, 0.6) is 0 Å². The monoisotopic (exact) mass is 713 g/mol. The van der Waals surface area contributed by atoms with Gasteiger partial charge in [0.15, 0.2) is 13.9 Å². The number of aliphatic hydroxyl groups excluding tert-OH is 1. The largest absolute Gasteiger partial charge is 0.432 e. The number of allylic oxidation sites excluding steroid dienone is 3. The fraction of sp³-hybridized carbons (Fsp3) is 0.537. The molecule has 0 radical (unpaired) electrons. The quantitative estimate of drug-likeness (QED) is 0.219. The number of amides is 3. The van der Waals surface area contributed by atoms with Crippen molar-refractivity contribution in [2.24, 2.45) is 5.92 Å². The summed E-state index contributed by atoms with van der Waals surface area (Å²) in [5.41, 5.74) is 4.97. The van der Waals surface area contributed by atoms with E-state index in [-0.39, 0.29) is 36.8 Å². The maximum absolute atomic E-state index is 15.0. The lowest BCUT2D eigenvalue weighted by Gasteiger charge is -2.37. The molecule has 1 spiro atoms. The SMILES string of the molecule is CC(C)=CCC/C(C)=C/CN1C(=O)[C@]2(O[C@H](CC(=O)N3Cc4ccccc4C[C@H]3CO)[C@@H]([Si](C)(C)O)[C@@H]2C)c2cc(N3CCCCC3=O)ccc21. The molecule has 10 heteroatoms. The number of carbonyl (C=O) groups excluding carboxylic acids is 3. The van der Waals surface area contributed by atoms with Gasteiger partial charge in [-0.15, -0.1) is 0 Å². The average Bonchev–Trinajstić information content (AvgIpc) is 3.52. The van der Waals surface area contributed by atoms with Crippen LogP contribution in [0.25, 0.3) is 0 Å². The summed E-state index contributed by atoms with van der Waals surface area (Å²) in [6.45, 7) is 13.2. The molecule has 9 nitrogen and oxygen atoms in total. The zero-order chi connectivity index (χ0) is 36.7. The number of aliphatic hydroxyl groups is 1. The van der Waals surface area contributed by atoms with Gasteiger partial charge in [-0.1, -0.05) is 54.5 Å².